The van der Waals surface area contributed by atoms with E-state index in [9.17, 15) is 15.3 Å². The van der Waals surface area contributed by atoms with E-state index in [1.54, 1.807) is 0 Å². The Hall–Kier alpha value is -1.78. The predicted octanol–water partition coefficient (Wildman–Crippen LogP) is 4.39. The Labute approximate surface area is 137 Å². The van der Waals surface area contributed by atoms with E-state index in [2.05, 4.69) is 39.9 Å². The van der Waals surface area contributed by atoms with Gasteiger partial charge in [0.25, 0.3) is 0 Å². The second-order valence-electron chi connectivity index (χ2n) is 7.95. The minimum absolute atomic E-state index is 0.0761. The van der Waals surface area contributed by atoms with Gasteiger partial charge in [-0.1, -0.05) is 64.2 Å². The fraction of sp³-hybridized carbons (Fsp3) is 0.368. The maximum absolute atomic E-state index is 10.5. The molecule has 0 bridgehead atoms. The summed E-state index contributed by atoms with van der Waals surface area (Å²) in [6, 6.07) is 9.96. The van der Waals surface area contributed by atoms with Gasteiger partial charge in [0.05, 0.1) is 8.07 Å². The SMILES string of the molecule is CC(C)(C)[Si](C)(C)c1cc2ccccc2c2c1C(O)=C(O)C2O. The summed E-state index contributed by atoms with van der Waals surface area (Å²) in [5.74, 6) is -0.505. The lowest BCUT2D eigenvalue weighted by atomic mass is 9.98. The minimum Gasteiger partial charge on any atom is -0.506 e. The molecule has 1 aliphatic rings. The van der Waals surface area contributed by atoms with Crippen LogP contribution in [0.4, 0.5) is 0 Å². The van der Waals surface area contributed by atoms with Gasteiger partial charge in [-0.3, -0.25) is 0 Å². The number of rotatable bonds is 1. The first-order chi connectivity index (χ1) is 10.6. The van der Waals surface area contributed by atoms with Gasteiger partial charge >= 0.3 is 0 Å². The molecule has 122 valence electrons. The summed E-state index contributed by atoms with van der Waals surface area (Å²) in [7, 11) is -1.97. The van der Waals surface area contributed by atoms with Gasteiger partial charge in [-0.15, -0.1) is 0 Å². The molecule has 3 nitrogen and oxygen atoms in total. The number of aliphatic hydroxyl groups is 3. The highest BCUT2D eigenvalue weighted by molar-refractivity contribution is 6.92. The number of aliphatic hydroxyl groups excluding tert-OH is 3. The molecular weight excluding hydrogens is 304 g/mol. The van der Waals surface area contributed by atoms with Crippen LogP contribution in [0.5, 0.6) is 0 Å². The lowest BCUT2D eigenvalue weighted by Crippen LogP contribution is -2.51. The maximum atomic E-state index is 10.5. The molecule has 2 aromatic carbocycles. The topological polar surface area (TPSA) is 60.7 Å². The molecule has 1 atom stereocenters. The summed E-state index contributed by atoms with van der Waals surface area (Å²) in [5.41, 5.74) is 1.28. The van der Waals surface area contributed by atoms with E-state index < -0.39 is 14.2 Å². The molecule has 1 aliphatic carbocycles. The Bertz CT molecular complexity index is 828. The van der Waals surface area contributed by atoms with Crippen molar-refractivity contribution in [1.82, 2.24) is 0 Å². The van der Waals surface area contributed by atoms with Crippen molar-refractivity contribution >= 4 is 29.8 Å². The van der Waals surface area contributed by atoms with Crippen molar-refractivity contribution in [2.75, 3.05) is 0 Å². The predicted molar refractivity (Wildman–Crippen MR) is 97.9 cm³/mol. The lowest BCUT2D eigenvalue weighted by molar-refractivity contribution is 0.159. The average Bonchev–Trinajstić information content (AvgIpc) is 2.70. The normalized spacial score (nSPS) is 18.6. The molecule has 0 spiro atoms. The van der Waals surface area contributed by atoms with Crippen LogP contribution in [0.3, 0.4) is 0 Å². The zero-order chi connectivity index (χ0) is 17.2. The highest BCUT2D eigenvalue weighted by Gasteiger charge is 2.43. The van der Waals surface area contributed by atoms with Crippen molar-refractivity contribution in [3.63, 3.8) is 0 Å². The third-order valence-electron chi connectivity index (χ3n) is 5.65. The Morgan fingerprint density at radius 2 is 1.65 bits per heavy atom. The molecular formula is C19H24O3Si. The van der Waals surface area contributed by atoms with Gasteiger partial charge in [0.1, 0.15) is 6.10 Å². The van der Waals surface area contributed by atoms with E-state index in [0.29, 0.717) is 11.1 Å². The van der Waals surface area contributed by atoms with Crippen LogP contribution in [-0.4, -0.2) is 23.4 Å². The standard InChI is InChI=1S/C19H24O3Si/c1-19(2,3)23(4,5)13-10-11-8-6-7-9-12(11)14-15(13)17(21)18(22)16(14)20/h6-10,16,20-22H,1-5H3. The van der Waals surface area contributed by atoms with Crippen LogP contribution >= 0.6 is 0 Å². The van der Waals surface area contributed by atoms with Gasteiger partial charge in [0.2, 0.25) is 0 Å². The highest BCUT2D eigenvalue weighted by Crippen LogP contribution is 2.44. The molecule has 4 heteroatoms. The van der Waals surface area contributed by atoms with Crippen molar-refractivity contribution in [1.29, 1.82) is 0 Å². The first-order valence-corrected chi connectivity index (χ1v) is 10.9. The Balaban J connectivity index is 2.46. The second-order valence-corrected chi connectivity index (χ2v) is 13.2. The number of hydrogen-bond acceptors (Lipinski definition) is 3. The van der Waals surface area contributed by atoms with Crippen LogP contribution in [0.2, 0.25) is 18.1 Å². The van der Waals surface area contributed by atoms with E-state index in [0.717, 1.165) is 16.0 Å². The van der Waals surface area contributed by atoms with Crippen molar-refractivity contribution in [2.24, 2.45) is 0 Å². The van der Waals surface area contributed by atoms with Crippen molar-refractivity contribution < 1.29 is 15.3 Å². The molecule has 0 heterocycles. The van der Waals surface area contributed by atoms with Crippen LogP contribution in [0.15, 0.2) is 36.1 Å². The Morgan fingerprint density at radius 1 is 1.04 bits per heavy atom. The third-order valence-corrected chi connectivity index (χ3v) is 11.1. The summed E-state index contributed by atoms with van der Waals surface area (Å²) in [5, 5.41) is 34.2. The van der Waals surface area contributed by atoms with Crippen LogP contribution in [0.1, 0.15) is 38.0 Å². The maximum Gasteiger partial charge on any atom is 0.168 e. The van der Waals surface area contributed by atoms with Crippen LogP contribution in [-0.2, 0) is 0 Å². The highest BCUT2D eigenvalue weighted by atomic mass is 28.3. The molecule has 0 aromatic heterocycles. The van der Waals surface area contributed by atoms with Gasteiger partial charge in [-0.2, -0.15) is 0 Å². The zero-order valence-electron chi connectivity index (χ0n) is 14.3. The molecule has 0 radical (unpaired) electrons. The molecule has 3 rings (SSSR count). The van der Waals surface area contributed by atoms with E-state index in [1.165, 1.54) is 0 Å². The number of hydrogen-bond donors (Lipinski definition) is 3. The van der Waals surface area contributed by atoms with Crippen LogP contribution in [0, 0.1) is 0 Å². The molecule has 0 aliphatic heterocycles. The Morgan fingerprint density at radius 3 is 2.26 bits per heavy atom. The largest absolute Gasteiger partial charge is 0.506 e. The molecule has 23 heavy (non-hydrogen) atoms. The molecule has 0 saturated carbocycles. The molecule has 0 amide bonds. The molecule has 0 fully saturated rings. The Kier molecular flexibility index (Phi) is 3.40. The summed E-state index contributed by atoms with van der Waals surface area (Å²) < 4.78 is 0. The lowest BCUT2D eigenvalue weighted by Gasteiger charge is -2.39. The summed E-state index contributed by atoms with van der Waals surface area (Å²) in [4.78, 5) is 0. The van der Waals surface area contributed by atoms with Gasteiger partial charge in [0.15, 0.2) is 11.5 Å². The zero-order valence-corrected chi connectivity index (χ0v) is 15.3. The molecule has 3 N–H and O–H groups in total. The fourth-order valence-electron chi connectivity index (χ4n) is 3.21. The third kappa shape index (κ3) is 2.12. The van der Waals surface area contributed by atoms with Crippen LogP contribution in [0.25, 0.3) is 16.5 Å². The monoisotopic (exact) mass is 328 g/mol. The summed E-state index contributed by atoms with van der Waals surface area (Å²) in [6.45, 7) is 11.2. The van der Waals surface area contributed by atoms with Gasteiger partial charge in [-0.05, 0) is 21.0 Å². The second kappa shape index (κ2) is 4.85. The number of fused-ring (bicyclic) bond motifs is 3. The van der Waals surface area contributed by atoms with Gasteiger partial charge in [0, 0.05) is 11.1 Å². The van der Waals surface area contributed by atoms with Gasteiger partial charge < -0.3 is 15.3 Å². The smallest absolute Gasteiger partial charge is 0.168 e. The van der Waals surface area contributed by atoms with E-state index in [4.69, 9.17) is 0 Å². The van der Waals surface area contributed by atoms with Crippen LogP contribution < -0.4 is 5.19 Å². The molecule has 0 saturated heterocycles. The fourth-order valence-corrected chi connectivity index (χ4v) is 5.41. The summed E-state index contributed by atoms with van der Waals surface area (Å²) >= 11 is 0. The van der Waals surface area contributed by atoms with Gasteiger partial charge in [-0.25, -0.2) is 0 Å². The quantitative estimate of drug-likeness (QED) is 0.681. The van der Waals surface area contributed by atoms with Crippen molar-refractivity contribution in [2.45, 2.75) is 45.0 Å². The van der Waals surface area contributed by atoms with E-state index >= 15 is 0 Å². The van der Waals surface area contributed by atoms with Crippen molar-refractivity contribution in [3.05, 3.63) is 47.2 Å². The number of benzene rings is 2. The van der Waals surface area contributed by atoms with E-state index in [1.807, 2.05) is 24.3 Å². The first kappa shape index (κ1) is 16.1. The van der Waals surface area contributed by atoms with Crippen molar-refractivity contribution in [3.8, 4) is 0 Å². The minimum atomic E-state index is -1.97. The summed E-state index contributed by atoms with van der Waals surface area (Å²) in [6.07, 6.45) is -1.15. The average molecular weight is 328 g/mol. The molecule has 1 unspecified atom stereocenters. The van der Waals surface area contributed by atoms with E-state index in [-0.39, 0.29) is 16.6 Å². The molecule has 2 aromatic rings. The first-order valence-electron chi connectivity index (χ1n) is 7.94.